The molecule has 1 amide bonds. The van der Waals surface area contributed by atoms with E-state index in [0.717, 1.165) is 23.0 Å². The van der Waals surface area contributed by atoms with Crippen LogP contribution in [0.15, 0.2) is 48.5 Å². The van der Waals surface area contributed by atoms with Gasteiger partial charge in [-0.2, -0.15) is 13.2 Å². The van der Waals surface area contributed by atoms with Gasteiger partial charge in [0.05, 0.1) is 12.7 Å². The van der Waals surface area contributed by atoms with Crippen molar-refractivity contribution in [3.63, 3.8) is 0 Å². The Morgan fingerprint density at radius 3 is 2.42 bits per heavy atom. The molecule has 2 aromatic carbocycles. The predicted octanol–water partition coefficient (Wildman–Crippen LogP) is 4.45. The van der Waals surface area contributed by atoms with Crippen LogP contribution in [0.1, 0.15) is 16.1 Å². The first kappa shape index (κ1) is 15.9. The number of fused-ring (bicyclic) bond motifs is 1. The largest absolute Gasteiger partial charge is 0.497 e. The third-order valence-electron chi connectivity index (χ3n) is 3.54. The molecular formula is C17H13F3N2O2. The van der Waals surface area contributed by atoms with Crippen LogP contribution >= 0.6 is 0 Å². The Hall–Kier alpha value is -2.96. The number of nitrogens with one attached hydrogen (secondary N) is 2. The molecule has 0 radical (unpaired) electrons. The van der Waals surface area contributed by atoms with Crippen LogP contribution in [0.4, 0.5) is 18.9 Å². The third kappa shape index (κ3) is 3.19. The average Bonchev–Trinajstić information content (AvgIpc) is 2.97. The number of hydrogen-bond acceptors (Lipinski definition) is 2. The minimum atomic E-state index is -4.40. The molecule has 4 nitrogen and oxygen atoms in total. The molecule has 124 valence electrons. The third-order valence-corrected chi connectivity index (χ3v) is 3.54. The van der Waals surface area contributed by atoms with Crippen molar-refractivity contribution in [2.24, 2.45) is 0 Å². The molecule has 0 saturated carbocycles. The van der Waals surface area contributed by atoms with Gasteiger partial charge in [0, 0.05) is 16.6 Å². The maximum absolute atomic E-state index is 12.5. The molecule has 0 spiro atoms. The fraction of sp³-hybridized carbons (Fsp3) is 0.118. The van der Waals surface area contributed by atoms with Gasteiger partial charge < -0.3 is 15.0 Å². The highest BCUT2D eigenvalue weighted by molar-refractivity contribution is 6.06. The quantitative estimate of drug-likeness (QED) is 0.744. The van der Waals surface area contributed by atoms with E-state index in [9.17, 15) is 18.0 Å². The fourth-order valence-corrected chi connectivity index (χ4v) is 2.30. The topological polar surface area (TPSA) is 54.1 Å². The first-order valence-corrected chi connectivity index (χ1v) is 7.02. The van der Waals surface area contributed by atoms with Gasteiger partial charge in [0.1, 0.15) is 11.4 Å². The monoisotopic (exact) mass is 334 g/mol. The highest BCUT2D eigenvalue weighted by atomic mass is 19.4. The van der Waals surface area contributed by atoms with Gasteiger partial charge in [0.25, 0.3) is 5.91 Å². The molecule has 0 unspecified atom stereocenters. The summed E-state index contributed by atoms with van der Waals surface area (Å²) in [6, 6.07) is 11.2. The van der Waals surface area contributed by atoms with Crippen molar-refractivity contribution in [2.45, 2.75) is 6.18 Å². The molecule has 0 fully saturated rings. The second-order valence-electron chi connectivity index (χ2n) is 5.17. The molecule has 7 heteroatoms. The van der Waals surface area contributed by atoms with Gasteiger partial charge >= 0.3 is 6.18 Å². The van der Waals surface area contributed by atoms with Crippen molar-refractivity contribution in [1.29, 1.82) is 0 Å². The lowest BCUT2D eigenvalue weighted by molar-refractivity contribution is -0.137. The van der Waals surface area contributed by atoms with Crippen LogP contribution in [0.25, 0.3) is 10.9 Å². The second-order valence-corrected chi connectivity index (χ2v) is 5.17. The molecule has 0 atom stereocenters. The van der Waals surface area contributed by atoms with Gasteiger partial charge in [0.15, 0.2) is 0 Å². The van der Waals surface area contributed by atoms with E-state index in [1.54, 1.807) is 31.4 Å². The minimum absolute atomic E-state index is 0.282. The number of carbonyl (C=O) groups excluding carboxylic acids is 1. The number of hydrogen-bond donors (Lipinski definition) is 2. The van der Waals surface area contributed by atoms with E-state index in [2.05, 4.69) is 10.3 Å². The summed E-state index contributed by atoms with van der Waals surface area (Å²) in [5.41, 5.74) is 0.578. The normalized spacial score (nSPS) is 11.5. The van der Waals surface area contributed by atoms with Crippen LogP contribution in [-0.2, 0) is 6.18 Å². The predicted molar refractivity (Wildman–Crippen MR) is 84.2 cm³/mol. The van der Waals surface area contributed by atoms with Crippen molar-refractivity contribution in [1.82, 2.24) is 4.98 Å². The maximum Gasteiger partial charge on any atom is 0.416 e. The van der Waals surface area contributed by atoms with Gasteiger partial charge in [0.2, 0.25) is 0 Å². The van der Waals surface area contributed by atoms with Crippen LogP contribution in [-0.4, -0.2) is 18.0 Å². The standard InChI is InChI=1S/C17H13F3N2O2/c1-24-13-6-7-14-10(8-13)9-15(22-14)16(23)21-12-4-2-11(3-5-12)17(18,19)20/h2-9,22H,1H3,(H,21,23). The summed E-state index contributed by atoms with van der Waals surface area (Å²) in [6.07, 6.45) is -4.40. The summed E-state index contributed by atoms with van der Waals surface area (Å²) in [6.45, 7) is 0. The molecule has 2 N–H and O–H groups in total. The number of rotatable bonds is 3. The van der Waals surface area contributed by atoms with Crippen LogP contribution in [0.2, 0.25) is 0 Å². The van der Waals surface area contributed by atoms with Crippen LogP contribution in [0.5, 0.6) is 5.75 Å². The molecule has 3 aromatic rings. The Bertz CT molecular complexity index is 883. The van der Waals surface area contributed by atoms with Gasteiger partial charge in [-0.05, 0) is 48.5 Å². The number of H-pyrrole nitrogens is 1. The van der Waals surface area contributed by atoms with Crippen molar-refractivity contribution in [3.8, 4) is 5.75 Å². The fourth-order valence-electron chi connectivity index (χ4n) is 2.30. The molecule has 0 aliphatic carbocycles. The van der Waals surface area contributed by atoms with Crippen molar-refractivity contribution >= 4 is 22.5 Å². The lowest BCUT2D eigenvalue weighted by atomic mass is 10.2. The molecule has 0 aliphatic heterocycles. The number of carbonyl (C=O) groups is 1. The number of alkyl halides is 3. The smallest absolute Gasteiger partial charge is 0.416 e. The number of anilines is 1. The lowest BCUT2D eigenvalue weighted by Gasteiger charge is -2.08. The highest BCUT2D eigenvalue weighted by Gasteiger charge is 2.30. The van der Waals surface area contributed by atoms with Crippen LogP contribution in [0.3, 0.4) is 0 Å². The number of halogens is 3. The van der Waals surface area contributed by atoms with Gasteiger partial charge in [-0.3, -0.25) is 4.79 Å². The summed E-state index contributed by atoms with van der Waals surface area (Å²) >= 11 is 0. The minimum Gasteiger partial charge on any atom is -0.497 e. The second kappa shape index (κ2) is 5.92. The zero-order valence-electron chi connectivity index (χ0n) is 12.6. The number of aromatic amines is 1. The van der Waals surface area contributed by atoms with Crippen LogP contribution < -0.4 is 10.1 Å². The molecular weight excluding hydrogens is 321 g/mol. The zero-order chi connectivity index (χ0) is 17.3. The number of ether oxygens (including phenoxy) is 1. The average molecular weight is 334 g/mol. The van der Waals surface area contributed by atoms with E-state index < -0.39 is 17.6 Å². The molecule has 1 heterocycles. The first-order valence-electron chi connectivity index (χ1n) is 7.02. The first-order chi connectivity index (χ1) is 11.4. The van der Waals surface area contributed by atoms with E-state index in [0.29, 0.717) is 11.4 Å². The van der Waals surface area contributed by atoms with E-state index >= 15 is 0 Å². The van der Waals surface area contributed by atoms with Crippen molar-refractivity contribution in [3.05, 3.63) is 59.8 Å². The Labute approximate surface area is 135 Å². The summed E-state index contributed by atoms with van der Waals surface area (Å²) < 4.78 is 42.7. The summed E-state index contributed by atoms with van der Waals surface area (Å²) in [4.78, 5) is 15.2. The Morgan fingerprint density at radius 2 is 1.79 bits per heavy atom. The maximum atomic E-state index is 12.5. The van der Waals surface area contributed by atoms with E-state index in [1.807, 2.05) is 0 Å². The summed E-state index contributed by atoms with van der Waals surface area (Å²) in [5, 5.41) is 3.36. The molecule has 0 aliphatic rings. The molecule has 1 aromatic heterocycles. The number of aromatic nitrogens is 1. The number of benzene rings is 2. The lowest BCUT2D eigenvalue weighted by Crippen LogP contribution is -2.12. The Kier molecular flexibility index (Phi) is 3.92. The van der Waals surface area contributed by atoms with E-state index in [4.69, 9.17) is 4.74 Å². The molecule has 0 bridgehead atoms. The number of amides is 1. The molecule has 24 heavy (non-hydrogen) atoms. The number of methoxy groups -OCH3 is 1. The van der Waals surface area contributed by atoms with Crippen molar-refractivity contribution < 1.29 is 22.7 Å². The van der Waals surface area contributed by atoms with Gasteiger partial charge in [-0.15, -0.1) is 0 Å². The van der Waals surface area contributed by atoms with Gasteiger partial charge in [-0.1, -0.05) is 0 Å². The SMILES string of the molecule is COc1ccc2[nH]c(C(=O)Nc3ccc(C(F)(F)F)cc3)cc2c1. The van der Waals surface area contributed by atoms with E-state index in [1.165, 1.54) is 12.1 Å². The Balaban J connectivity index is 1.79. The highest BCUT2D eigenvalue weighted by Crippen LogP contribution is 2.30. The zero-order valence-corrected chi connectivity index (χ0v) is 12.6. The van der Waals surface area contributed by atoms with E-state index in [-0.39, 0.29) is 5.69 Å². The summed E-state index contributed by atoms with van der Waals surface area (Å²) in [7, 11) is 1.55. The van der Waals surface area contributed by atoms with Gasteiger partial charge in [-0.25, -0.2) is 0 Å². The Morgan fingerprint density at radius 1 is 1.08 bits per heavy atom. The summed E-state index contributed by atoms with van der Waals surface area (Å²) in [5.74, 6) is 0.223. The molecule has 3 rings (SSSR count). The van der Waals surface area contributed by atoms with Crippen LogP contribution in [0, 0.1) is 0 Å². The molecule has 0 saturated heterocycles. The van der Waals surface area contributed by atoms with Crippen molar-refractivity contribution in [2.75, 3.05) is 12.4 Å².